The number of nitrogens with one attached hydrogen (secondary N) is 2. The number of hydrogen-bond acceptors (Lipinski definition) is 4. The van der Waals surface area contributed by atoms with Crippen LogP contribution in [-0.2, 0) is 10.0 Å². The third-order valence-electron chi connectivity index (χ3n) is 3.93. The number of anilines is 2. The predicted molar refractivity (Wildman–Crippen MR) is 113 cm³/mol. The van der Waals surface area contributed by atoms with Crippen LogP contribution >= 0.6 is 15.9 Å². The Morgan fingerprint density at radius 1 is 1.00 bits per heavy atom. The highest BCUT2D eigenvalue weighted by Crippen LogP contribution is 2.26. The summed E-state index contributed by atoms with van der Waals surface area (Å²) >= 11 is 3.34. The number of rotatable bonds is 5. The maximum absolute atomic E-state index is 12.8. The Bertz CT molecular complexity index is 1130. The van der Waals surface area contributed by atoms with E-state index in [0.717, 1.165) is 11.1 Å². The average molecular weight is 460 g/mol. The van der Waals surface area contributed by atoms with Crippen molar-refractivity contribution in [1.29, 1.82) is 0 Å². The molecule has 0 saturated carbocycles. The summed E-state index contributed by atoms with van der Waals surface area (Å²) in [5.41, 5.74) is 2.53. The molecule has 2 aromatic carbocycles. The SMILES string of the molecule is Cc1ccc(NC(=O)c2cccc(S(=O)(=O)Nc3cc(C)ccc3Br)c2)nc1. The molecule has 3 aromatic rings. The van der Waals surface area contributed by atoms with Crippen molar-refractivity contribution in [3.05, 3.63) is 82.0 Å². The molecule has 144 valence electrons. The Hall–Kier alpha value is -2.71. The molecule has 2 N–H and O–H groups in total. The van der Waals surface area contributed by atoms with Gasteiger partial charge < -0.3 is 5.32 Å². The van der Waals surface area contributed by atoms with Crippen LogP contribution in [0.4, 0.5) is 11.5 Å². The van der Waals surface area contributed by atoms with Gasteiger partial charge in [0.25, 0.3) is 15.9 Å². The zero-order chi connectivity index (χ0) is 20.3. The number of pyridine rings is 1. The van der Waals surface area contributed by atoms with E-state index >= 15 is 0 Å². The molecule has 0 aliphatic carbocycles. The maximum atomic E-state index is 12.8. The standard InChI is InChI=1S/C20H18BrN3O3S/c1-13-6-8-17(21)18(10-13)24-28(26,27)16-5-3-4-15(11-16)20(25)23-19-9-7-14(2)12-22-19/h3-12,24H,1-2H3,(H,22,23,25). The Labute approximate surface area is 172 Å². The van der Waals surface area contributed by atoms with E-state index < -0.39 is 15.9 Å². The molecule has 1 amide bonds. The lowest BCUT2D eigenvalue weighted by molar-refractivity contribution is 0.102. The first-order valence-electron chi connectivity index (χ1n) is 8.38. The second kappa shape index (κ2) is 8.12. The van der Waals surface area contributed by atoms with Crippen LogP contribution in [0.15, 0.2) is 70.2 Å². The summed E-state index contributed by atoms with van der Waals surface area (Å²) in [4.78, 5) is 16.6. The highest BCUT2D eigenvalue weighted by molar-refractivity contribution is 9.10. The van der Waals surface area contributed by atoms with Gasteiger partial charge in [-0.1, -0.05) is 18.2 Å². The van der Waals surface area contributed by atoms with E-state index in [1.54, 1.807) is 30.5 Å². The van der Waals surface area contributed by atoms with Gasteiger partial charge in [0.1, 0.15) is 5.82 Å². The van der Waals surface area contributed by atoms with Gasteiger partial charge >= 0.3 is 0 Å². The summed E-state index contributed by atoms with van der Waals surface area (Å²) in [6.07, 6.45) is 1.64. The van der Waals surface area contributed by atoms with Crippen molar-refractivity contribution in [2.75, 3.05) is 10.0 Å². The number of carbonyl (C=O) groups excluding carboxylic acids is 1. The van der Waals surface area contributed by atoms with Crippen molar-refractivity contribution in [3.8, 4) is 0 Å². The number of hydrogen-bond donors (Lipinski definition) is 2. The molecule has 0 fully saturated rings. The van der Waals surface area contributed by atoms with Crippen molar-refractivity contribution in [2.24, 2.45) is 0 Å². The predicted octanol–water partition coefficient (Wildman–Crippen LogP) is 4.51. The Morgan fingerprint density at radius 3 is 2.46 bits per heavy atom. The van der Waals surface area contributed by atoms with E-state index in [4.69, 9.17) is 0 Å². The van der Waals surface area contributed by atoms with E-state index in [9.17, 15) is 13.2 Å². The summed E-state index contributed by atoms with van der Waals surface area (Å²) in [6.45, 7) is 3.76. The molecule has 0 saturated heterocycles. The van der Waals surface area contributed by atoms with E-state index in [1.807, 2.05) is 26.0 Å². The summed E-state index contributed by atoms with van der Waals surface area (Å²) in [6, 6.07) is 14.7. The van der Waals surface area contributed by atoms with E-state index in [0.29, 0.717) is 16.0 Å². The normalized spacial score (nSPS) is 11.1. The van der Waals surface area contributed by atoms with Crippen LogP contribution in [0.1, 0.15) is 21.5 Å². The first-order chi connectivity index (χ1) is 13.2. The number of aryl methyl sites for hydroxylation is 2. The van der Waals surface area contributed by atoms with Crippen LogP contribution < -0.4 is 10.0 Å². The largest absolute Gasteiger partial charge is 0.307 e. The smallest absolute Gasteiger partial charge is 0.261 e. The minimum absolute atomic E-state index is 0.00887. The lowest BCUT2D eigenvalue weighted by atomic mass is 10.2. The zero-order valence-electron chi connectivity index (χ0n) is 15.2. The van der Waals surface area contributed by atoms with E-state index in [1.165, 1.54) is 18.2 Å². The summed E-state index contributed by atoms with van der Waals surface area (Å²) in [5.74, 6) is -0.0455. The average Bonchev–Trinajstić information content (AvgIpc) is 2.66. The fourth-order valence-corrected chi connectivity index (χ4v) is 4.05. The molecule has 3 rings (SSSR count). The zero-order valence-corrected chi connectivity index (χ0v) is 17.6. The molecule has 6 nitrogen and oxygen atoms in total. The first-order valence-corrected chi connectivity index (χ1v) is 10.7. The highest BCUT2D eigenvalue weighted by Gasteiger charge is 2.18. The first kappa shape index (κ1) is 20.0. The van der Waals surface area contributed by atoms with Gasteiger partial charge in [0.05, 0.1) is 10.6 Å². The molecule has 0 aliphatic heterocycles. The number of sulfonamides is 1. The number of benzene rings is 2. The van der Waals surface area contributed by atoms with Gasteiger partial charge in [-0.25, -0.2) is 13.4 Å². The van der Waals surface area contributed by atoms with Crippen LogP contribution in [0.3, 0.4) is 0 Å². The van der Waals surface area contributed by atoms with E-state index in [-0.39, 0.29) is 10.5 Å². The van der Waals surface area contributed by atoms with Crippen LogP contribution in [0.25, 0.3) is 0 Å². The Kier molecular flexibility index (Phi) is 5.81. The lowest BCUT2D eigenvalue weighted by Crippen LogP contribution is -2.16. The van der Waals surface area contributed by atoms with Crippen molar-refractivity contribution in [1.82, 2.24) is 4.98 Å². The van der Waals surface area contributed by atoms with Gasteiger partial charge in [0.2, 0.25) is 0 Å². The number of amides is 1. The fraction of sp³-hybridized carbons (Fsp3) is 0.100. The van der Waals surface area contributed by atoms with Crippen LogP contribution in [0.2, 0.25) is 0 Å². The van der Waals surface area contributed by atoms with Crippen LogP contribution in [-0.4, -0.2) is 19.3 Å². The second-order valence-corrected chi connectivity index (χ2v) is 8.83. The molecular weight excluding hydrogens is 442 g/mol. The Balaban J connectivity index is 1.84. The molecular formula is C20H18BrN3O3S. The molecule has 28 heavy (non-hydrogen) atoms. The van der Waals surface area contributed by atoms with Crippen molar-refractivity contribution in [3.63, 3.8) is 0 Å². The molecule has 1 aromatic heterocycles. The summed E-state index contributed by atoms with van der Waals surface area (Å²) in [5, 5.41) is 2.66. The topological polar surface area (TPSA) is 88.2 Å². The third kappa shape index (κ3) is 4.76. The number of halogens is 1. The quantitative estimate of drug-likeness (QED) is 0.587. The minimum atomic E-state index is -3.86. The van der Waals surface area contributed by atoms with Crippen molar-refractivity contribution < 1.29 is 13.2 Å². The van der Waals surface area contributed by atoms with Crippen LogP contribution in [0, 0.1) is 13.8 Å². The second-order valence-electron chi connectivity index (χ2n) is 6.29. The van der Waals surface area contributed by atoms with Gasteiger partial charge in [-0.05, 0) is 77.3 Å². The highest BCUT2D eigenvalue weighted by atomic mass is 79.9. The fourth-order valence-electron chi connectivity index (χ4n) is 2.46. The van der Waals surface area contributed by atoms with Gasteiger partial charge in [0, 0.05) is 16.2 Å². The maximum Gasteiger partial charge on any atom is 0.261 e. The minimum Gasteiger partial charge on any atom is -0.307 e. The molecule has 1 heterocycles. The molecule has 0 aliphatic rings. The number of carbonyl (C=O) groups is 1. The number of nitrogens with zero attached hydrogens (tertiary/aromatic N) is 1. The number of aromatic nitrogens is 1. The molecule has 0 spiro atoms. The molecule has 0 bridgehead atoms. The Morgan fingerprint density at radius 2 is 1.75 bits per heavy atom. The molecule has 0 unspecified atom stereocenters. The van der Waals surface area contributed by atoms with E-state index in [2.05, 4.69) is 31.0 Å². The third-order valence-corrected chi connectivity index (χ3v) is 5.98. The van der Waals surface area contributed by atoms with Gasteiger partial charge in [-0.2, -0.15) is 0 Å². The van der Waals surface area contributed by atoms with Crippen LogP contribution in [0.5, 0.6) is 0 Å². The molecule has 0 radical (unpaired) electrons. The van der Waals surface area contributed by atoms with Gasteiger partial charge in [0.15, 0.2) is 0 Å². The molecule has 0 atom stereocenters. The summed E-state index contributed by atoms with van der Waals surface area (Å²) < 4.78 is 28.7. The van der Waals surface area contributed by atoms with Crippen molar-refractivity contribution >= 4 is 43.4 Å². The lowest BCUT2D eigenvalue weighted by Gasteiger charge is -2.11. The monoisotopic (exact) mass is 459 g/mol. The van der Waals surface area contributed by atoms with Gasteiger partial charge in [-0.3, -0.25) is 9.52 Å². The van der Waals surface area contributed by atoms with Gasteiger partial charge in [-0.15, -0.1) is 0 Å². The van der Waals surface area contributed by atoms with Crippen molar-refractivity contribution in [2.45, 2.75) is 18.7 Å². The summed E-state index contributed by atoms with van der Waals surface area (Å²) in [7, 11) is -3.86. The molecule has 8 heteroatoms.